The van der Waals surface area contributed by atoms with Gasteiger partial charge in [0.05, 0.1) is 6.61 Å². The molecule has 86 valence electrons. The second-order valence-electron chi connectivity index (χ2n) is 4.45. The molecule has 0 bridgehead atoms. The Kier molecular flexibility index (Phi) is 2.70. The number of hydrogen-bond donors (Lipinski definition) is 1. The first-order valence-corrected chi connectivity index (χ1v) is 5.19. The molecule has 2 aliphatic rings. The van der Waals surface area contributed by atoms with Crippen LogP contribution in [0.25, 0.3) is 0 Å². The Bertz CT molecular complexity index is 266. The van der Waals surface area contributed by atoms with E-state index in [1.807, 2.05) is 13.8 Å². The summed E-state index contributed by atoms with van der Waals surface area (Å²) in [5, 5.41) is 2.73. The average Bonchev–Trinajstić information content (AvgIpc) is 2.56. The van der Waals surface area contributed by atoms with Gasteiger partial charge in [-0.3, -0.25) is 4.79 Å². The molecule has 1 amide bonds. The van der Waals surface area contributed by atoms with Crippen LogP contribution in [-0.4, -0.2) is 43.2 Å². The highest BCUT2D eigenvalue weighted by Crippen LogP contribution is 2.34. The first kappa shape index (κ1) is 10.9. The van der Waals surface area contributed by atoms with Crippen molar-refractivity contribution in [2.45, 2.75) is 44.9 Å². The molecular weight excluding hydrogens is 198 g/mol. The van der Waals surface area contributed by atoms with Crippen molar-refractivity contribution in [3.05, 3.63) is 0 Å². The standard InChI is InChI=1S/C10H17NO4/c1-6(12)11-4-7-9-8(5-13-7)14-10(2,3)15-9/h7-9H,4-5H2,1-3H3,(H,11,12)/t7-,8-,9-/m1/s1. The van der Waals surface area contributed by atoms with Crippen LogP contribution in [0.4, 0.5) is 0 Å². The summed E-state index contributed by atoms with van der Waals surface area (Å²) in [5.41, 5.74) is 0. The van der Waals surface area contributed by atoms with Gasteiger partial charge in [-0.25, -0.2) is 0 Å². The van der Waals surface area contributed by atoms with Crippen LogP contribution in [0.2, 0.25) is 0 Å². The SMILES string of the molecule is CC(=O)NC[C@H]1OC[C@H]2OC(C)(C)O[C@H]12. The zero-order chi connectivity index (χ0) is 11.1. The van der Waals surface area contributed by atoms with Crippen LogP contribution in [-0.2, 0) is 19.0 Å². The molecule has 3 atom stereocenters. The summed E-state index contributed by atoms with van der Waals surface area (Å²) in [4.78, 5) is 10.8. The van der Waals surface area contributed by atoms with Crippen molar-refractivity contribution in [2.75, 3.05) is 13.2 Å². The topological polar surface area (TPSA) is 56.8 Å². The third-order valence-corrected chi connectivity index (χ3v) is 2.61. The minimum Gasteiger partial charge on any atom is -0.371 e. The molecule has 0 radical (unpaired) electrons. The average molecular weight is 215 g/mol. The summed E-state index contributed by atoms with van der Waals surface area (Å²) in [6, 6.07) is 0. The maximum Gasteiger partial charge on any atom is 0.216 e. The quantitative estimate of drug-likeness (QED) is 0.706. The lowest BCUT2D eigenvalue weighted by molar-refractivity contribution is -0.174. The minimum atomic E-state index is -0.534. The Labute approximate surface area is 89.1 Å². The molecule has 0 aliphatic carbocycles. The summed E-state index contributed by atoms with van der Waals surface area (Å²) in [5.74, 6) is -0.589. The van der Waals surface area contributed by atoms with Gasteiger partial charge in [-0.2, -0.15) is 0 Å². The van der Waals surface area contributed by atoms with E-state index in [0.717, 1.165) is 0 Å². The molecule has 2 fully saturated rings. The van der Waals surface area contributed by atoms with E-state index < -0.39 is 5.79 Å². The fraction of sp³-hybridized carbons (Fsp3) is 0.900. The normalized spacial score (nSPS) is 37.7. The second kappa shape index (κ2) is 3.73. The highest BCUT2D eigenvalue weighted by molar-refractivity contribution is 5.72. The summed E-state index contributed by atoms with van der Waals surface area (Å²) in [6.07, 6.45) is -0.161. The molecule has 2 heterocycles. The van der Waals surface area contributed by atoms with Crippen LogP contribution < -0.4 is 5.32 Å². The Morgan fingerprint density at radius 3 is 2.87 bits per heavy atom. The van der Waals surface area contributed by atoms with Gasteiger partial charge in [0.1, 0.15) is 18.3 Å². The number of nitrogens with one attached hydrogen (secondary N) is 1. The smallest absolute Gasteiger partial charge is 0.216 e. The van der Waals surface area contributed by atoms with E-state index in [-0.39, 0.29) is 24.2 Å². The van der Waals surface area contributed by atoms with Crippen molar-refractivity contribution in [3.63, 3.8) is 0 Å². The van der Waals surface area contributed by atoms with Crippen molar-refractivity contribution in [3.8, 4) is 0 Å². The maximum atomic E-state index is 10.8. The predicted octanol–water partition coefficient (Wildman–Crippen LogP) is 0.0414. The van der Waals surface area contributed by atoms with Gasteiger partial charge in [-0.15, -0.1) is 0 Å². The second-order valence-corrected chi connectivity index (χ2v) is 4.45. The monoisotopic (exact) mass is 215 g/mol. The number of amides is 1. The summed E-state index contributed by atoms with van der Waals surface area (Å²) >= 11 is 0. The number of hydrogen-bond acceptors (Lipinski definition) is 4. The van der Waals surface area contributed by atoms with Crippen LogP contribution in [0.3, 0.4) is 0 Å². The van der Waals surface area contributed by atoms with Gasteiger partial charge in [0.15, 0.2) is 5.79 Å². The molecule has 0 aromatic carbocycles. The molecule has 0 spiro atoms. The minimum absolute atomic E-state index is 0.00115. The van der Waals surface area contributed by atoms with E-state index in [0.29, 0.717) is 13.2 Å². The van der Waals surface area contributed by atoms with E-state index in [1.54, 1.807) is 0 Å². The lowest BCUT2D eigenvalue weighted by atomic mass is 10.1. The molecule has 0 unspecified atom stereocenters. The predicted molar refractivity (Wildman–Crippen MR) is 52.2 cm³/mol. The number of carbonyl (C=O) groups excluding carboxylic acids is 1. The van der Waals surface area contributed by atoms with Gasteiger partial charge >= 0.3 is 0 Å². The zero-order valence-corrected chi connectivity index (χ0v) is 9.28. The van der Waals surface area contributed by atoms with Gasteiger partial charge < -0.3 is 19.5 Å². The van der Waals surface area contributed by atoms with Crippen molar-refractivity contribution < 1.29 is 19.0 Å². The Hall–Kier alpha value is -0.650. The molecule has 0 aromatic heterocycles. The molecule has 2 aliphatic heterocycles. The fourth-order valence-corrected chi connectivity index (χ4v) is 2.04. The molecule has 1 N–H and O–H groups in total. The largest absolute Gasteiger partial charge is 0.371 e. The summed E-state index contributed by atoms with van der Waals surface area (Å²) < 4.78 is 16.9. The lowest BCUT2D eigenvalue weighted by Gasteiger charge is -2.21. The van der Waals surface area contributed by atoms with Crippen molar-refractivity contribution in [1.82, 2.24) is 5.32 Å². The van der Waals surface area contributed by atoms with Gasteiger partial charge in [-0.05, 0) is 13.8 Å². The Morgan fingerprint density at radius 2 is 2.20 bits per heavy atom. The molecule has 0 aromatic rings. The molecular formula is C10H17NO4. The molecule has 0 saturated carbocycles. The molecule has 2 rings (SSSR count). The van der Waals surface area contributed by atoms with Crippen LogP contribution in [0.5, 0.6) is 0 Å². The van der Waals surface area contributed by atoms with Crippen molar-refractivity contribution >= 4 is 5.91 Å². The fourth-order valence-electron chi connectivity index (χ4n) is 2.04. The lowest BCUT2D eigenvalue weighted by Crippen LogP contribution is -2.39. The third-order valence-electron chi connectivity index (χ3n) is 2.61. The highest BCUT2D eigenvalue weighted by Gasteiger charge is 2.49. The summed E-state index contributed by atoms with van der Waals surface area (Å²) in [7, 11) is 0. The van der Waals surface area contributed by atoms with Gasteiger partial charge in [0.2, 0.25) is 5.91 Å². The molecule has 5 heteroatoms. The number of fused-ring (bicyclic) bond motifs is 1. The van der Waals surface area contributed by atoms with Crippen LogP contribution in [0.15, 0.2) is 0 Å². The van der Waals surface area contributed by atoms with Gasteiger partial charge in [0, 0.05) is 13.5 Å². The van der Waals surface area contributed by atoms with Crippen LogP contribution in [0, 0.1) is 0 Å². The molecule has 15 heavy (non-hydrogen) atoms. The molecule has 5 nitrogen and oxygen atoms in total. The van der Waals surface area contributed by atoms with Gasteiger partial charge in [-0.1, -0.05) is 0 Å². The Balaban J connectivity index is 1.91. The first-order valence-electron chi connectivity index (χ1n) is 5.19. The molecule has 2 saturated heterocycles. The maximum absolute atomic E-state index is 10.8. The first-order chi connectivity index (χ1) is 6.98. The van der Waals surface area contributed by atoms with Crippen LogP contribution >= 0.6 is 0 Å². The van der Waals surface area contributed by atoms with Crippen molar-refractivity contribution in [2.24, 2.45) is 0 Å². The Morgan fingerprint density at radius 1 is 1.47 bits per heavy atom. The van der Waals surface area contributed by atoms with Crippen LogP contribution in [0.1, 0.15) is 20.8 Å². The zero-order valence-electron chi connectivity index (χ0n) is 9.28. The number of rotatable bonds is 2. The summed E-state index contributed by atoms with van der Waals surface area (Å²) in [6.45, 7) is 6.29. The van der Waals surface area contributed by atoms with E-state index in [9.17, 15) is 4.79 Å². The van der Waals surface area contributed by atoms with Crippen molar-refractivity contribution in [1.29, 1.82) is 0 Å². The number of ether oxygens (including phenoxy) is 3. The number of carbonyl (C=O) groups is 1. The van der Waals surface area contributed by atoms with E-state index in [1.165, 1.54) is 6.92 Å². The van der Waals surface area contributed by atoms with Gasteiger partial charge in [0.25, 0.3) is 0 Å². The highest BCUT2D eigenvalue weighted by atomic mass is 16.8. The third kappa shape index (κ3) is 2.30. The van der Waals surface area contributed by atoms with E-state index >= 15 is 0 Å². The van der Waals surface area contributed by atoms with E-state index in [4.69, 9.17) is 14.2 Å². The van der Waals surface area contributed by atoms with E-state index in [2.05, 4.69) is 5.32 Å².